The lowest BCUT2D eigenvalue weighted by molar-refractivity contribution is -0.238. The number of hydrogen-bond acceptors (Lipinski definition) is 9. The number of aromatic nitrogens is 1. The van der Waals surface area contributed by atoms with Crippen molar-refractivity contribution in [2.24, 2.45) is 4.99 Å². The monoisotopic (exact) mass is 628 g/mol. The van der Waals surface area contributed by atoms with Gasteiger partial charge in [0.1, 0.15) is 28.1 Å². The molecule has 6 rings (SSSR count). The fraction of sp³-hybridized carbons (Fsp3) is 0.314. The minimum Gasteiger partial charge on any atom is -0.468 e. The van der Waals surface area contributed by atoms with E-state index in [2.05, 4.69) is 41.4 Å². The summed E-state index contributed by atoms with van der Waals surface area (Å²) < 4.78 is 34.2. The Morgan fingerprint density at radius 2 is 1.32 bits per heavy atom. The third kappa shape index (κ3) is 8.72. The van der Waals surface area contributed by atoms with Gasteiger partial charge in [0.05, 0.1) is 33.0 Å². The molecule has 2 aliphatic rings. The van der Waals surface area contributed by atoms with Gasteiger partial charge >= 0.3 is 0 Å². The number of rotatable bonds is 13. The third-order valence-electron chi connectivity index (χ3n) is 7.22. The Balaban J connectivity index is 1.31. The Bertz CT molecular complexity index is 1430. The zero-order valence-electron chi connectivity index (χ0n) is 24.4. The number of thioether (sulfide) groups is 2. The van der Waals surface area contributed by atoms with Crippen molar-refractivity contribution in [2.75, 3.05) is 18.9 Å². The molecule has 0 N–H and O–H groups in total. The summed E-state index contributed by atoms with van der Waals surface area (Å²) in [5, 5.41) is 0. The van der Waals surface area contributed by atoms with Gasteiger partial charge in [0.25, 0.3) is 0 Å². The summed E-state index contributed by atoms with van der Waals surface area (Å²) in [6, 6.07) is 36.1. The highest BCUT2D eigenvalue weighted by Gasteiger charge is 2.50. The van der Waals surface area contributed by atoms with Gasteiger partial charge in [-0.05, 0) is 22.8 Å². The maximum Gasteiger partial charge on any atom is 0.213 e. The van der Waals surface area contributed by atoms with Crippen LogP contribution >= 0.6 is 23.5 Å². The van der Waals surface area contributed by atoms with E-state index < -0.39 is 29.9 Å². The first-order chi connectivity index (χ1) is 21.8. The molecule has 0 aliphatic carbocycles. The van der Waals surface area contributed by atoms with Crippen molar-refractivity contribution in [1.29, 1.82) is 0 Å². The molecule has 3 aromatic carbocycles. The molecular formula is C35H36N2O5S2. The highest BCUT2D eigenvalue weighted by Crippen LogP contribution is 2.38. The molecule has 0 saturated carbocycles. The largest absolute Gasteiger partial charge is 0.468 e. The van der Waals surface area contributed by atoms with E-state index in [0.717, 1.165) is 33.4 Å². The van der Waals surface area contributed by atoms with E-state index in [1.807, 2.05) is 72.8 Å². The highest BCUT2D eigenvalue weighted by atomic mass is 32.2. The first-order valence-corrected chi connectivity index (χ1v) is 16.7. The lowest BCUT2D eigenvalue weighted by atomic mass is 9.99. The number of benzene rings is 3. The lowest BCUT2D eigenvalue weighted by Crippen LogP contribution is -2.61. The highest BCUT2D eigenvalue weighted by molar-refractivity contribution is 8.39. The van der Waals surface area contributed by atoms with Crippen LogP contribution in [0, 0.1) is 0 Å². The van der Waals surface area contributed by atoms with Crippen molar-refractivity contribution in [3.8, 4) is 5.88 Å². The molecule has 0 amide bonds. The molecule has 0 radical (unpaired) electrons. The van der Waals surface area contributed by atoms with E-state index in [1.54, 1.807) is 29.7 Å². The maximum atomic E-state index is 6.84. The van der Waals surface area contributed by atoms with Crippen LogP contribution in [-0.2, 0) is 38.8 Å². The number of hydrogen-bond donors (Lipinski definition) is 0. The first-order valence-electron chi connectivity index (χ1n) is 14.8. The fourth-order valence-electron chi connectivity index (χ4n) is 5.07. The molecule has 1 saturated heterocycles. The summed E-state index contributed by atoms with van der Waals surface area (Å²) in [5.74, 6) is 1.46. The minimum absolute atomic E-state index is 0.326. The van der Waals surface area contributed by atoms with Crippen molar-refractivity contribution < 1.29 is 23.7 Å². The van der Waals surface area contributed by atoms with E-state index in [9.17, 15) is 0 Å². The predicted molar refractivity (Wildman–Crippen MR) is 176 cm³/mol. The van der Waals surface area contributed by atoms with Gasteiger partial charge in [-0.3, -0.25) is 4.99 Å². The Hall–Kier alpha value is -3.18. The lowest BCUT2D eigenvalue weighted by Gasteiger charge is -2.45. The van der Waals surface area contributed by atoms with Gasteiger partial charge < -0.3 is 23.7 Å². The van der Waals surface area contributed by atoms with Crippen LogP contribution < -0.4 is 4.74 Å². The van der Waals surface area contributed by atoms with Crippen molar-refractivity contribution in [3.05, 3.63) is 132 Å². The summed E-state index contributed by atoms with van der Waals surface area (Å²) in [6.07, 6.45) is -0.213. The Labute approximate surface area is 267 Å². The van der Waals surface area contributed by atoms with Crippen LogP contribution in [-0.4, -0.2) is 58.1 Å². The molecule has 44 heavy (non-hydrogen) atoms. The number of aliphatic imine (C=N–C) groups is 1. The van der Waals surface area contributed by atoms with Crippen LogP contribution in [0.15, 0.2) is 120 Å². The van der Waals surface area contributed by atoms with Gasteiger partial charge in [-0.15, -0.1) is 0 Å². The van der Waals surface area contributed by atoms with Gasteiger partial charge in [-0.1, -0.05) is 121 Å². The van der Waals surface area contributed by atoms with Crippen molar-refractivity contribution in [1.82, 2.24) is 4.98 Å². The van der Waals surface area contributed by atoms with Crippen molar-refractivity contribution in [2.45, 2.75) is 49.7 Å². The zero-order chi connectivity index (χ0) is 29.8. The standard InChI is InChI=1S/C35H36N2O5S2/c1-4-12-26(13-5-1)22-38-25-29-31(39-23-27-14-6-2-7-15-27)32(40-24-28-16-8-3-9-17-28)33(42-30-18-10-11-19-36-30)34(41-29)44-35-37-20-21-43-35/h1-19,29,31-34H,20-25H2/t29-,31-,32+,33-,34+/m1/s1. The molecule has 0 bridgehead atoms. The molecular weight excluding hydrogens is 593 g/mol. The molecule has 1 fully saturated rings. The van der Waals surface area contributed by atoms with E-state index in [-0.39, 0.29) is 0 Å². The first kappa shape index (κ1) is 30.8. The van der Waals surface area contributed by atoms with E-state index in [1.165, 1.54) is 0 Å². The van der Waals surface area contributed by atoms with Crippen LogP contribution in [0.2, 0.25) is 0 Å². The van der Waals surface area contributed by atoms with E-state index >= 15 is 0 Å². The summed E-state index contributed by atoms with van der Waals surface area (Å²) >= 11 is 3.32. The Morgan fingerprint density at radius 1 is 0.705 bits per heavy atom. The van der Waals surface area contributed by atoms with Gasteiger partial charge in [0.15, 0.2) is 6.10 Å². The zero-order valence-corrected chi connectivity index (χ0v) is 26.0. The van der Waals surface area contributed by atoms with Crippen LogP contribution in [0.25, 0.3) is 0 Å². The average Bonchev–Trinajstić information content (AvgIpc) is 3.59. The third-order valence-corrected chi connectivity index (χ3v) is 9.57. The molecule has 4 aromatic rings. The van der Waals surface area contributed by atoms with E-state index in [4.69, 9.17) is 28.7 Å². The number of pyridine rings is 1. The average molecular weight is 629 g/mol. The van der Waals surface area contributed by atoms with Gasteiger partial charge in [0, 0.05) is 18.0 Å². The maximum absolute atomic E-state index is 6.84. The summed E-state index contributed by atoms with van der Waals surface area (Å²) in [4.78, 5) is 9.17. The summed E-state index contributed by atoms with van der Waals surface area (Å²) in [6.45, 7) is 2.38. The molecule has 228 valence electrons. The summed E-state index contributed by atoms with van der Waals surface area (Å²) in [5.41, 5.74) is 2.80. The van der Waals surface area contributed by atoms with Crippen LogP contribution in [0.3, 0.4) is 0 Å². The van der Waals surface area contributed by atoms with Crippen molar-refractivity contribution in [3.63, 3.8) is 0 Å². The Morgan fingerprint density at radius 3 is 1.91 bits per heavy atom. The van der Waals surface area contributed by atoms with Crippen LogP contribution in [0.4, 0.5) is 0 Å². The number of nitrogens with zero attached hydrogens (tertiary/aromatic N) is 2. The molecule has 3 heterocycles. The van der Waals surface area contributed by atoms with E-state index in [0.29, 0.717) is 32.3 Å². The molecule has 0 unspecified atom stereocenters. The normalized spacial score (nSPS) is 23.3. The smallest absolute Gasteiger partial charge is 0.213 e. The van der Waals surface area contributed by atoms with Gasteiger partial charge in [0.2, 0.25) is 5.88 Å². The predicted octanol–water partition coefficient (Wildman–Crippen LogP) is 6.78. The van der Waals surface area contributed by atoms with Crippen molar-refractivity contribution >= 4 is 27.9 Å². The van der Waals surface area contributed by atoms with Gasteiger partial charge in [-0.2, -0.15) is 0 Å². The van der Waals surface area contributed by atoms with Crippen LogP contribution in [0.5, 0.6) is 5.88 Å². The second-order valence-electron chi connectivity index (χ2n) is 10.4. The molecule has 5 atom stereocenters. The minimum atomic E-state index is -0.534. The topological polar surface area (TPSA) is 71.4 Å². The summed E-state index contributed by atoms with van der Waals surface area (Å²) in [7, 11) is 0. The SMILES string of the molecule is c1ccc(COC[C@H]2O[C@@H](SC3=NCCS3)[C@H](Oc3ccccn3)[C@@H](OCc3ccccc3)[C@@H]2OCc2ccccc2)cc1. The second-order valence-corrected chi connectivity index (χ2v) is 12.9. The molecule has 0 spiro atoms. The molecule has 7 nitrogen and oxygen atoms in total. The molecule has 2 aliphatic heterocycles. The quantitative estimate of drug-likeness (QED) is 0.161. The van der Waals surface area contributed by atoms with Crippen LogP contribution in [0.1, 0.15) is 16.7 Å². The molecule has 1 aromatic heterocycles. The molecule has 9 heteroatoms. The second kappa shape index (κ2) is 16.2. The number of ether oxygens (including phenoxy) is 5. The van der Waals surface area contributed by atoms with Gasteiger partial charge in [-0.25, -0.2) is 4.98 Å². The fourth-order valence-corrected chi connectivity index (χ4v) is 7.32. The Kier molecular flexibility index (Phi) is 11.4.